The number of hydrogen-bond donors (Lipinski definition) is 0. The van der Waals surface area contributed by atoms with Crippen molar-refractivity contribution in [2.24, 2.45) is 0 Å². The molecule has 2 aromatic rings. The second-order valence-electron chi connectivity index (χ2n) is 3.94. The van der Waals surface area contributed by atoms with E-state index in [1.807, 2.05) is 4.57 Å². The van der Waals surface area contributed by atoms with E-state index in [2.05, 4.69) is 37.0 Å². The van der Waals surface area contributed by atoms with Gasteiger partial charge < -0.3 is 0 Å². The van der Waals surface area contributed by atoms with Crippen molar-refractivity contribution in [1.82, 2.24) is 9.55 Å². The number of para-hydroxylation sites is 1. The number of carbonyl (C=O) groups is 1. The van der Waals surface area contributed by atoms with E-state index in [9.17, 15) is 4.79 Å². The van der Waals surface area contributed by atoms with Crippen molar-refractivity contribution in [3.8, 4) is 5.69 Å². The van der Waals surface area contributed by atoms with E-state index in [0.717, 1.165) is 24.8 Å². The molecule has 17 heavy (non-hydrogen) atoms. The zero-order valence-corrected chi connectivity index (χ0v) is 10.2. The summed E-state index contributed by atoms with van der Waals surface area (Å²) in [5.41, 5.74) is 4.19. The fourth-order valence-electron chi connectivity index (χ4n) is 2.10. The first-order valence-electron chi connectivity index (χ1n) is 5.90. The Morgan fingerprint density at radius 1 is 1.24 bits per heavy atom. The second kappa shape index (κ2) is 4.95. The zero-order valence-electron chi connectivity index (χ0n) is 10.2. The monoisotopic (exact) mass is 228 g/mol. The molecule has 3 heteroatoms. The lowest BCUT2D eigenvalue weighted by Crippen LogP contribution is -2.05. The minimum atomic E-state index is 0.598. The van der Waals surface area contributed by atoms with Gasteiger partial charge in [0, 0.05) is 0 Å². The van der Waals surface area contributed by atoms with Gasteiger partial charge in [0.1, 0.15) is 5.69 Å². The third-order valence-electron chi connectivity index (χ3n) is 2.99. The van der Waals surface area contributed by atoms with Crippen molar-refractivity contribution in [3.05, 3.63) is 47.5 Å². The number of nitrogens with zero attached hydrogens (tertiary/aromatic N) is 2. The molecule has 1 aromatic carbocycles. The highest BCUT2D eigenvalue weighted by molar-refractivity contribution is 5.73. The molecule has 0 radical (unpaired) electrons. The quantitative estimate of drug-likeness (QED) is 0.754. The number of aryl methyl sites for hydroxylation is 2. The number of imidazole rings is 1. The number of aromatic nitrogens is 2. The van der Waals surface area contributed by atoms with Gasteiger partial charge in [-0.25, -0.2) is 4.98 Å². The molecule has 0 N–H and O–H groups in total. The van der Waals surface area contributed by atoms with Crippen molar-refractivity contribution in [1.29, 1.82) is 0 Å². The molecule has 1 heterocycles. The van der Waals surface area contributed by atoms with Crippen LogP contribution in [-0.4, -0.2) is 15.8 Å². The Bertz CT molecular complexity index is 507. The predicted molar refractivity (Wildman–Crippen MR) is 67.7 cm³/mol. The molecule has 0 fully saturated rings. The topological polar surface area (TPSA) is 34.9 Å². The van der Waals surface area contributed by atoms with Crippen molar-refractivity contribution in [2.75, 3.05) is 0 Å². The molecule has 88 valence electrons. The Morgan fingerprint density at radius 3 is 2.41 bits per heavy atom. The van der Waals surface area contributed by atoms with Crippen LogP contribution in [0.3, 0.4) is 0 Å². The first-order valence-corrected chi connectivity index (χ1v) is 5.90. The van der Waals surface area contributed by atoms with Gasteiger partial charge in [0.05, 0.1) is 18.2 Å². The van der Waals surface area contributed by atoms with Gasteiger partial charge in [-0.2, -0.15) is 0 Å². The summed E-state index contributed by atoms with van der Waals surface area (Å²) in [6.45, 7) is 4.24. The van der Waals surface area contributed by atoms with Crippen LogP contribution in [0.4, 0.5) is 0 Å². The summed E-state index contributed by atoms with van der Waals surface area (Å²) in [5, 5.41) is 0. The molecule has 0 bridgehead atoms. The summed E-state index contributed by atoms with van der Waals surface area (Å²) >= 11 is 0. The van der Waals surface area contributed by atoms with Crippen LogP contribution in [0, 0.1) is 0 Å². The van der Waals surface area contributed by atoms with Crippen LogP contribution >= 0.6 is 0 Å². The van der Waals surface area contributed by atoms with E-state index in [-0.39, 0.29) is 0 Å². The van der Waals surface area contributed by atoms with Crippen molar-refractivity contribution in [3.63, 3.8) is 0 Å². The normalized spacial score (nSPS) is 10.5. The molecule has 0 aliphatic carbocycles. The van der Waals surface area contributed by atoms with Gasteiger partial charge in [-0.3, -0.25) is 9.36 Å². The predicted octanol–water partition coefficient (Wildman–Crippen LogP) is 2.81. The second-order valence-corrected chi connectivity index (χ2v) is 3.94. The van der Waals surface area contributed by atoms with Crippen LogP contribution in [-0.2, 0) is 12.8 Å². The van der Waals surface area contributed by atoms with Crippen LogP contribution < -0.4 is 0 Å². The molecule has 0 saturated carbocycles. The van der Waals surface area contributed by atoms with Crippen LogP contribution in [0.1, 0.15) is 35.5 Å². The Balaban J connectivity index is 2.68. The molecule has 0 spiro atoms. The molecule has 0 aliphatic rings. The van der Waals surface area contributed by atoms with Crippen molar-refractivity contribution >= 4 is 6.29 Å². The Labute approximate surface area is 101 Å². The lowest BCUT2D eigenvalue weighted by Gasteiger charge is -2.14. The average molecular weight is 228 g/mol. The SMILES string of the molecule is CCc1cccc(CC)c1-n1cncc1C=O. The summed E-state index contributed by atoms with van der Waals surface area (Å²) in [4.78, 5) is 15.1. The maximum atomic E-state index is 11.0. The molecular formula is C14H16N2O. The molecule has 3 nitrogen and oxygen atoms in total. The van der Waals surface area contributed by atoms with Crippen LogP contribution in [0.15, 0.2) is 30.7 Å². The highest BCUT2D eigenvalue weighted by atomic mass is 16.1. The molecule has 0 aliphatic heterocycles. The van der Waals surface area contributed by atoms with Crippen LogP contribution in [0.5, 0.6) is 0 Å². The third kappa shape index (κ3) is 2.00. The first kappa shape index (κ1) is 11.6. The molecule has 0 saturated heterocycles. The van der Waals surface area contributed by atoms with E-state index < -0.39 is 0 Å². The van der Waals surface area contributed by atoms with Gasteiger partial charge in [0.2, 0.25) is 0 Å². The lowest BCUT2D eigenvalue weighted by atomic mass is 10.0. The molecule has 0 atom stereocenters. The van der Waals surface area contributed by atoms with Crippen LogP contribution in [0.2, 0.25) is 0 Å². The van der Waals surface area contributed by atoms with E-state index in [1.165, 1.54) is 11.1 Å². The summed E-state index contributed by atoms with van der Waals surface area (Å²) in [5.74, 6) is 0. The van der Waals surface area contributed by atoms with E-state index in [1.54, 1.807) is 12.5 Å². The summed E-state index contributed by atoms with van der Waals surface area (Å²) in [6, 6.07) is 6.27. The number of rotatable bonds is 4. The Hall–Kier alpha value is -1.90. The minimum Gasteiger partial charge on any atom is -0.296 e. The molecule has 0 amide bonds. The smallest absolute Gasteiger partial charge is 0.168 e. The Morgan fingerprint density at radius 2 is 1.88 bits per heavy atom. The number of carbonyl (C=O) groups excluding carboxylic acids is 1. The van der Waals surface area contributed by atoms with Gasteiger partial charge in [0.25, 0.3) is 0 Å². The third-order valence-corrected chi connectivity index (χ3v) is 2.99. The molecule has 2 rings (SSSR count). The largest absolute Gasteiger partial charge is 0.296 e. The number of aldehydes is 1. The number of benzene rings is 1. The first-order chi connectivity index (χ1) is 8.31. The molecule has 0 unspecified atom stereocenters. The lowest BCUT2D eigenvalue weighted by molar-refractivity contribution is 0.111. The van der Waals surface area contributed by atoms with E-state index in [0.29, 0.717) is 5.69 Å². The summed E-state index contributed by atoms with van der Waals surface area (Å²) in [7, 11) is 0. The fourth-order valence-corrected chi connectivity index (χ4v) is 2.10. The van der Waals surface area contributed by atoms with Crippen LogP contribution in [0.25, 0.3) is 5.69 Å². The Kier molecular flexibility index (Phi) is 3.38. The maximum absolute atomic E-state index is 11.0. The van der Waals surface area contributed by atoms with Gasteiger partial charge in [-0.15, -0.1) is 0 Å². The maximum Gasteiger partial charge on any atom is 0.168 e. The van der Waals surface area contributed by atoms with Gasteiger partial charge >= 0.3 is 0 Å². The zero-order chi connectivity index (χ0) is 12.3. The molecule has 1 aromatic heterocycles. The number of hydrogen-bond acceptors (Lipinski definition) is 2. The fraction of sp³-hybridized carbons (Fsp3) is 0.286. The average Bonchev–Trinajstić information content (AvgIpc) is 2.85. The molecular weight excluding hydrogens is 212 g/mol. The van der Waals surface area contributed by atoms with Gasteiger partial charge in [0.15, 0.2) is 6.29 Å². The standard InChI is InChI=1S/C14H16N2O/c1-3-11-6-5-7-12(4-2)14(11)16-10-15-8-13(16)9-17/h5-10H,3-4H2,1-2H3. The highest BCUT2D eigenvalue weighted by Gasteiger charge is 2.11. The summed E-state index contributed by atoms with van der Waals surface area (Å²) < 4.78 is 1.88. The minimum absolute atomic E-state index is 0.598. The van der Waals surface area contributed by atoms with E-state index in [4.69, 9.17) is 0 Å². The van der Waals surface area contributed by atoms with Crippen molar-refractivity contribution in [2.45, 2.75) is 26.7 Å². The highest BCUT2D eigenvalue weighted by Crippen LogP contribution is 2.22. The van der Waals surface area contributed by atoms with Crippen molar-refractivity contribution < 1.29 is 4.79 Å². The summed E-state index contributed by atoms with van der Waals surface area (Å²) in [6.07, 6.45) is 6.04. The van der Waals surface area contributed by atoms with Gasteiger partial charge in [-0.1, -0.05) is 32.0 Å². The van der Waals surface area contributed by atoms with E-state index >= 15 is 0 Å². The van der Waals surface area contributed by atoms with Gasteiger partial charge in [-0.05, 0) is 24.0 Å².